The van der Waals surface area contributed by atoms with Gasteiger partial charge in [-0.25, -0.2) is 0 Å². The quantitative estimate of drug-likeness (QED) is 0.825. The summed E-state index contributed by atoms with van der Waals surface area (Å²) < 4.78 is 0. The fourth-order valence-electron chi connectivity index (χ4n) is 3.04. The Labute approximate surface area is 148 Å². The van der Waals surface area contributed by atoms with Crippen LogP contribution in [0.2, 0.25) is 0 Å². The lowest BCUT2D eigenvalue weighted by Gasteiger charge is -2.32. The molecular weight excluding hydrogens is 320 g/mol. The molecule has 1 fully saturated rings. The highest BCUT2D eigenvalue weighted by atomic mass is 16.4. The van der Waals surface area contributed by atoms with Crippen LogP contribution in [-0.2, 0) is 9.59 Å². The summed E-state index contributed by atoms with van der Waals surface area (Å²) in [7, 11) is 0. The number of piperidine rings is 1. The molecule has 0 spiro atoms. The zero-order valence-electron chi connectivity index (χ0n) is 14.8. The smallest absolute Gasteiger partial charge is 0.303 e. The van der Waals surface area contributed by atoms with Gasteiger partial charge in [-0.05, 0) is 37.8 Å². The molecule has 0 aliphatic carbocycles. The molecule has 1 aromatic carbocycles. The van der Waals surface area contributed by atoms with E-state index >= 15 is 0 Å². The number of nitrogens with zero attached hydrogens (tertiary/aromatic N) is 1. The molecule has 2 amide bonds. The van der Waals surface area contributed by atoms with Gasteiger partial charge in [0.15, 0.2) is 0 Å². The summed E-state index contributed by atoms with van der Waals surface area (Å²) in [6.07, 6.45) is 1.57. The lowest BCUT2D eigenvalue weighted by atomic mass is 9.96. The van der Waals surface area contributed by atoms with Crippen molar-refractivity contribution in [2.24, 2.45) is 11.8 Å². The zero-order valence-corrected chi connectivity index (χ0v) is 14.8. The number of aliphatic carboxylic acids is 1. The van der Waals surface area contributed by atoms with Crippen LogP contribution in [0.5, 0.6) is 0 Å². The van der Waals surface area contributed by atoms with E-state index < -0.39 is 5.97 Å². The van der Waals surface area contributed by atoms with Gasteiger partial charge in [0, 0.05) is 31.6 Å². The van der Waals surface area contributed by atoms with Crippen LogP contribution in [-0.4, -0.2) is 47.4 Å². The second-order valence-electron chi connectivity index (χ2n) is 6.90. The maximum Gasteiger partial charge on any atom is 0.303 e. The highest BCUT2D eigenvalue weighted by Crippen LogP contribution is 2.19. The molecule has 6 nitrogen and oxygen atoms in total. The van der Waals surface area contributed by atoms with Crippen molar-refractivity contribution >= 4 is 17.8 Å². The van der Waals surface area contributed by atoms with E-state index in [0.717, 1.165) is 18.4 Å². The van der Waals surface area contributed by atoms with Gasteiger partial charge >= 0.3 is 5.97 Å². The summed E-state index contributed by atoms with van der Waals surface area (Å²) in [5, 5.41) is 11.6. The molecule has 1 aliphatic heterocycles. The van der Waals surface area contributed by atoms with E-state index in [9.17, 15) is 14.4 Å². The van der Waals surface area contributed by atoms with Crippen molar-refractivity contribution in [3.05, 3.63) is 35.4 Å². The number of carboxylic acids is 1. The highest BCUT2D eigenvalue weighted by Gasteiger charge is 2.29. The van der Waals surface area contributed by atoms with Crippen molar-refractivity contribution in [2.75, 3.05) is 19.6 Å². The fourth-order valence-corrected chi connectivity index (χ4v) is 3.04. The van der Waals surface area contributed by atoms with Crippen molar-refractivity contribution in [1.82, 2.24) is 10.2 Å². The van der Waals surface area contributed by atoms with Crippen molar-refractivity contribution in [3.63, 3.8) is 0 Å². The molecule has 2 unspecified atom stereocenters. The summed E-state index contributed by atoms with van der Waals surface area (Å²) in [6.45, 7) is 5.18. The minimum Gasteiger partial charge on any atom is -0.481 e. The summed E-state index contributed by atoms with van der Waals surface area (Å²) in [4.78, 5) is 37.3. The van der Waals surface area contributed by atoms with Crippen LogP contribution in [0.15, 0.2) is 24.3 Å². The van der Waals surface area contributed by atoms with Gasteiger partial charge in [-0.3, -0.25) is 14.4 Å². The van der Waals surface area contributed by atoms with E-state index in [2.05, 4.69) is 5.32 Å². The molecule has 2 rings (SSSR count). The Kier molecular flexibility index (Phi) is 6.56. The number of aryl methyl sites for hydroxylation is 1. The van der Waals surface area contributed by atoms with Crippen molar-refractivity contribution in [1.29, 1.82) is 0 Å². The summed E-state index contributed by atoms with van der Waals surface area (Å²) in [5.74, 6) is -1.36. The van der Waals surface area contributed by atoms with E-state index in [-0.39, 0.29) is 30.1 Å². The van der Waals surface area contributed by atoms with Gasteiger partial charge < -0.3 is 15.3 Å². The number of likely N-dealkylation sites (tertiary alicyclic amines) is 1. The lowest BCUT2D eigenvalue weighted by molar-refractivity contribution is -0.138. The summed E-state index contributed by atoms with van der Waals surface area (Å²) in [6, 6.07) is 7.44. The van der Waals surface area contributed by atoms with Crippen LogP contribution in [0.3, 0.4) is 0 Å². The number of benzene rings is 1. The second kappa shape index (κ2) is 8.65. The largest absolute Gasteiger partial charge is 0.481 e. The number of carbonyl (C=O) groups excluding carboxylic acids is 2. The molecule has 6 heteroatoms. The van der Waals surface area contributed by atoms with E-state index in [1.54, 1.807) is 11.8 Å². The second-order valence-corrected chi connectivity index (χ2v) is 6.90. The molecule has 25 heavy (non-hydrogen) atoms. The van der Waals surface area contributed by atoms with E-state index in [1.165, 1.54) is 0 Å². The van der Waals surface area contributed by atoms with Gasteiger partial charge in [-0.1, -0.05) is 24.6 Å². The number of carboxylic acid groups (broad SMARTS) is 1. The number of hydrogen-bond donors (Lipinski definition) is 2. The van der Waals surface area contributed by atoms with Crippen molar-refractivity contribution in [3.8, 4) is 0 Å². The van der Waals surface area contributed by atoms with Gasteiger partial charge in [0.2, 0.25) is 5.91 Å². The van der Waals surface area contributed by atoms with Crippen LogP contribution in [0.4, 0.5) is 0 Å². The number of hydrogen-bond acceptors (Lipinski definition) is 3. The fraction of sp³-hybridized carbons (Fsp3) is 0.526. The first-order valence-electron chi connectivity index (χ1n) is 8.72. The SMILES string of the molecule is Cc1ccc(C(=O)N2CCCC(C(=O)NCC(C)CC(=O)O)C2)cc1. The monoisotopic (exact) mass is 346 g/mol. The predicted molar refractivity (Wildman–Crippen MR) is 94.2 cm³/mol. The number of carbonyl (C=O) groups is 3. The average Bonchev–Trinajstić information content (AvgIpc) is 2.59. The Balaban J connectivity index is 1.89. The topological polar surface area (TPSA) is 86.7 Å². The molecule has 0 saturated carbocycles. The molecule has 1 aliphatic rings. The maximum atomic E-state index is 12.6. The molecular formula is C19H26N2O4. The number of nitrogens with one attached hydrogen (secondary N) is 1. The Hall–Kier alpha value is -2.37. The van der Waals surface area contributed by atoms with Gasteiger partial charge in [-0.2, -0.15) is 0 Å². The molecule has 2 atom stereocenters. The van der Waals surface area contributed by atoms with Gasteiger partial charge in [-0.15, -0.1) is 0 Å². The van der Waals surface area contributed by atoms with Gasteiger partial charge in [0.1, 0.15) is 0 Å². The van der Waals surface area contributed by atoms with E-state index in [4.69, 9.17) is 5.11 Å². The van der Waals surface area contributed by atoms with Gasteiger partial charge in [0.25, 0.3) is 5.91 Å². The molecule has 1 aromatic rings. The molecule has 2 N–H and O–H groups in total. The summed E-state index contributed by atoms with van der Waals surface area (Å²) >= 11 is 0. The number of amides is 2. The van der Waals surface area contributed by atoms with E-state index in [0.29, 0.717) is 25.2 Å². The van der Waals surface area contributed by atoms with Crippen molar-refractivity contribution in [2.45, 2.75) is 33.1 Å². The minimum atomic E-state index is -0.866. The zero-order chi connectivity index (χ0) is 18.4. The van der Waals surface area contributed by atoms with Crippen LogP contribution < -0.4 is 5.32 Å². The van der Waals surface area contributed by atoms with Crippen LogP contribution in [0.1, 0.15) is 42.1 Å². The Morgan fingerprint density at radius 1 is 1.28 bits per heavy atom. The molecule has 1 saturated heterocycles. The number of rotatable bonds is 6. The lowest BCUT2D eigenvalue weighted by Crippen LogP contribution is -2.46. The van der Waals surface area contributed by atoms with E-state index in [1.807, 2.05) is 31.2 Å². The van der Waals surface area contributed by atoms with Crippen LogP contribution in [0.25, 0.3) is 0 Å². The molecule has 1 heterocycles. The molecule has 136 valence electrons. The van der Waals surface area contributed by atoms with Crippen molar-refractivity contribution < 1.29 is 19.5 Å². The first kappa shape index (κ1) is 19.0. The molecule has 0 aromatic heterocycles. The maximum absolute atomic E-state index is 12.6. The average molecular weight is 346 g/mol. The molecule has 0 bridgehead atoms. The normalized spacial score (nSPS) is 18.5. The standard InChI is InChI=1S/C19H26N2O4/c1-13-5-7-15(8-6-13)19(25)21-9-3-4-16(12-21)18(24)20-11-14(2)10-17(22)23/h5-8,14,16H,3-4,9-12H2,1-2H3,(H,20,24)(H,22,23). The Bertz CT molecular complexity index is 627. The third-order valence-electron chi connectivity index (χ3n) is 4.53. The Morgan fingerprint density at radius 3 is 2.60 bits per heavy atom. The first-order chi connectivity index (χ1) is 11.9. The predicted octanol–water partition coefficient (Wildman–Crippen LogP) is 2.07. The Morgan fingerprint density at radius 2 is 1.96 bits per heavy atom. The molecule has 0 radical (unpaired) electrons. The third kappa shape index (κ3) is 5.59. The first-order valence-corrected chi connectivity index (χ1v) is 8.72. The van der Waals surface area contributed by atoms with Gasteiger partial charge in [0.05, 0.1) is 5.92 Å². The third-order valence-corrected chi connectivity index (χ3v) is 4.53. The van der Waals surface area contributed by atoms with Crippen LogP contribution >= 0.6 is 0 Å². The van der Waals surface area contributed by atoms with Crippen LogP contribution in [0, 0.1) is 18.8 Å². The summed E-state index contributed by atoms with van der Waals surface area (Å²) in [5.41, 5.74) is 1.74. The minimum absolute atomic E-state index is 0.0307. The highest BCUT2D eigenvalue weighted by molar-refractivity contribution is 5.94.